The monoisotopic (exact) mass is 223 g/mol. The third-order valence-electron chi connectivity index (χ3n) is 4.62. The number of nitrogens with one attached hydrogen (secondary N) is 1. The second-order valence-corrected chi connectivity index (χ2v) is 7.68. The van der Waals surface area contributed by atoms with Crippen LogP contribution >= 0.6 is 0 Å². The molecule has 2 saturated carbocycles. The Morgan fingerprint density at radius 2 is 1.88 bits per heavy atom. The standard InChI is InChI=1S/C15H29N/c1-11(2)16-9-13-8-15(13)7-12(3)6-14(4,5)10-15/h11-13,16H,6-10H2,1-5H3. The molecule has 0 aliphatic heterocycles. The van der Waals surface area contributed by atoms with Crippen molar-refractivity contribution in [3.63, 3.8) is 0 Å². The van der Waals surface area contributed by atoms with Crippen molar-refractivity contribution in [2.24, 2.45) is 22.7 Å². The average molecular weight is 223 g/mol. The van der Waals surface area contributed by atoms with Gasteiger partial charge < -0.3 is 5.32 Å². The van der Waals surface area contributed by atoms with Crippen LogP contribution in [0.3, 0.4) is 0 Å². The van der Waals surface area contributed by atoms with Gasteiger partial charge in [0.05, 0.1) is 0 Å². The number of hydrogen-bond acceptors (Lipinski definition) is 1. The van der Waals surface area contributed by atoms with Gasteiger partial charge in [0.15, 0.2) is 0 Å². The first-order valence-electron chi connectivity index (χ1n) is 7.06. The van der Waals surface area contributed by atoms with Gasteiger partial charge in [-0.05, 0) is 54.9 Å². The Morgan fingerprint density at radius 3 is 2.44 bits per heavy atom. The molecule has 0 amide bonds. The Labute approximate surface area is 101 Å². The summed E-state index contributed by atoms with van der Waals surface area (Å²) in [5.74, 6) is 1.91. The summed E-state index contributed by atoms with van der Waals surface area (Å²) in [7, 11) is 0. The third-order valence-corrected chi connectivity index (χ3v) is 4.62. The summed E-state index contributed by atoms with van der Waals surface area (Å²) in [5.41, 5.74) is 1.31. The minimum Gasteiger partial charge on any atom is -0.314 e. The molecule has 2 rings (SSSR count). The topological polar surface area (TPSA) is 12.0 Å². The lowest BCUT2D eigenvalue weighted by molar-refractivity contribution is 0.107. The van der Waals surface area contributed by atoms with Crippen LogP contribution in [0.1, 0.15) is 60.3 Å². The molecule has 94 valence electrons. The second-order valence-electron chi connectivity index (χ2n) is 7.68. The molecule has 2 aliphatic rings. The summed E-state index contributed by atoms with van der Waals surface area (Å²) in [6.07, 6.45) is 5.87. The maximum Gasteiger partial charge on any atom is 0.00104 e. The smallest absolute Gasteiger partial charge is 0.00104 e. The zero-order valence-electron chi connectivity index (χ0n) is 11.8. The largest absolute Gasteiger partial charge is 0.314 e. The lowest BCUT2D eigenvalue weighted by Gasteiger charge is -2.40. The Bertz CT molecular complexity index is 256. The molecule has 16 heavy (non-hydrogen) atoms. The molecule has 0 bridgehead atoms. The van der Waals surface area contributed by atoms with E-state index in [0.29, 0.717) is 11.5 Å². The van der Waals surface area contributed by atoms with Crippen molar-refractivity contribution < 1.29 is 0 Å². The van der Waals surface area contributed by atoms with Gasteiger partial charge in [0.25, 0.3) is 0 Å². The molecule has 1 N–H and O–H groups in total. The average Bonchev–Trinajstić information content (AvgIpc) is 2.69. The van der Waals surface area contributed by atoms with Crippen LogP contribution in [0.5, 0.6) is 0 Å². The van der Waals surface area contributed by atoms with E-state index in [1.165, 1.54) is 32.2 Å². The molecule has 1 nitrogen and oxygen atoms in total. The van der Waals surface area contributed by atoms with Crippen molar-refractivity contribution in [2.45, 2.75) is 66.3 Å². The molecular formula is C15H29N. The fourth-order valence-electron chi connectivity index (χ4n) is 4.37. The van der Waals surface area contributed by atoms with E-state index in [9.17, 15) is 0 Å². The number of hydrogen-bond donors (Lipinski definition) is 1. The van der Waals surface area contributed by atoms with Crippen LogP contribution in [0, 0.1) is 22.7 Å². The SMILES string of the molecule is CC1CC(C)(C)CC2(C1)CC2CNC(C)C. The van der Waals surface area contributed by atoms with Crippen molar-refractivity contribution in [1.29, 1.82) is 0 Å². The predicted octanol–water partition coefficient (Wildman–Crippen LogP) is 3.84. The highest BCUT2D eigenvalue weighted by atomic mass is 14.9. The number of rotatable bonds is 3. The molecular weight excluding hydrogens is 194 g/mol. The molecule has 2 aliphatic carbocycles. The van der Waals surface area contributed by atoms with Gasteiger partial charge in [0.1, 0.15) is 0 Å². The van der Waals surface area contributed by atoms with E-state index in [2.05, 4.69) is 39.9 Å². The summed E-state index contributed by atoms with van der Waals surface area (Å²) < 4.78 is 0. The van der Waals surface area contributed by atoms with Gasteiger partial charge in [-0.15, -0.1) is 0 Å². The van der Waals surface area contributed by atoms with Gasteiger partial charge in [-0.1, -0.05) is 34.6 Å². The van der Waals surface area contributed by atoms with Crippen LogP contribution in [0.4, 0.5) is 0 Å². The van der Waals surface area contributed by atoms with Crippen LogP contribution in [0.2, 0.25) is 0 Å². The highest BCUT2D eigenvalue weighted by Gasteiger charge is 2.57. The van der Waals surface area contributed by atoms with Crippen LogP contribution in [-0.2, 0) is 0 Å². The molecule has 0 aromatic rings. The zero-order valence-corrected chi connectivity index (χ0v) is 11.8. The normalized spacial score (nSPS) is 41.6. The first-order valence-corrected chi connectivity index (χ1v) is 7.06. The maximum atomic E-state index is 3.62. The van der Waals surface area contributed by atoms with Gasteiger partial charge >= 0.3 is 0 Å². The quantitative estimate of drug-likeness (QED) is 0.766. The van der Waals surface area contributed by atoms with Crippen LogP contribution in [0.15, 0.2) is 0 Å². The molecule has 1 heteroatoms. The molecule has 0 aromatic carbocycles. The second kappa shape index (κ2) is 4.01. The van der Waals surface area contributed by atoms with Crippen LogP contribution in [0.25, 0.3) is 0 Å². The van der Waals surface area contributed by atoms with E-state index in [4.69, 9.17) is 0 Å². The Kier molecular flexibility index (Phi) is 3.11. The molecule has 3 atom stereocenters. The summed E-state index contributed by atoms with van der Waals surface area (Å²) in [4.78, 5) is 0. The van der Waals surface area contributed by atoms with Crippen LogP contribution in [-0.4, -0.2) is 12.6 Å². The van der Waals surface area contributed by atoms with Gasteiger partial charge in [-0.3, -0.25) is 0 Å². The summed E-state index contributed by atoms with van der Waals surface area (Å²) >= 11 is 0. The fraction of sp³-hybridized carbons (Fsp3) is 1.00. The van der Waals surface area contributed by atoms with Gasteiger partial charge in [-0.25, -0.2) is 0 Å². The lowest BCUT2D eigenvalue weighted by Crippen LogP contribution is -2.32. The van der Waals surface area contributed by atoms with Crippen molar-refractivity contribution in [2.75, 3.05) is 6.54 Å². The minimum atomic E-state index is 0.588. The highest BCUT2D eigenvalue weighted by molar-refractivity contribution is 5.08. The Hall–Kier alpha value is -0.0400. The Balaban J connectivity index is 1.90. The molecule has 1 spiro atoms. The van der Waals surface area contributed by atoms with E-state index < -0.39 is 0 Å². The van der Waals surface area contributed by atoms with Crippen molar-refractivity contribution in [3.8, 4) is 0 Å². The van der Waals surface area contributed by atoms with E-state index in [1.54, 1.807) is 0 Å². The maximum absolute atomic E-state index is 3.62. The predicted molar refractivity (Wildman–Crippen MR) is 70.5 cm³/mol. The molecule has 0 radical (unpaired) electrons. The Morgan fingerprint density at radius 1 is 1.19 bits per heavy atom. The van der Waals surface area contributed by atoms with Crippen molar-refractivity contribution in [3.05, 3.63) is 0 Å². The van der Waals surface area contributed by atoms with Gasteiger partial charge in [-0.2, -0.15) is 0 Å². The van der Waals surface area contributed by atoms with Crippen LogP contribution < -0.4 is 5.32 Å². The summed E-state index contributed by atoms with van der Waals surface area (Å²) in [6, 6.07) is 0.645. The lowest BCUT2D eigenvalue weighted by atomic mass is 9.65. The summed E-state index contributed by atoms with van der Waals surface area (Å²) in [5, 5.41) is 3.62. The van der Waals surface area contributed by atoms with E-state index in [1.807, 2.05) is 0 Å². The van der Waals surface area contributed by atoms with Crippen molar-refractivity contribution >= 4 is 0 Å². The molecule has 0 heterocycles. The highest BCUT2D eigenvalue weighted by Crippen LogP contribution is 2.65. The van der Waals surface area contributed by atoms with Crippen molar-refractivity contribution in [1.82, 2.24) is 5.32 Å². The van der Waals surface area contributed by atoms with E-state index >= 15 is 0 Å². The van der Waals surface area contributed by atoms with E-state index in [-0.39, 0.29) is 0 Å². The first kappa shape index (κ1) is 12.4. The van der Waals surface area contributed by atoms with Gasteiger partial charge in [0, 0.05) is 6.04 Å². The molecule has 0 saturated heterocycles. The minimum absolute atomic E-state index is 0.588. The molecule has 0 aromatic heterocycles. The fourth-order valence-corrected chi connectivity index (χ4v) is 4.37. The molecule has 2 fully saturated rings. The first-order chi connectivity index (χ1) is 7.33. The zero-order chi connectivity index (χ0) is 12.0. The third kappa shape index (κ3) is 2.61. The van der Waals surface area contributed by atoms with Gasteiger partial charge in [0.2, 0.25) is 0 Å². The summed E-state index contributed by atoms with van der Waals surface area (Å²) in [6.45, 7) is 13.1. The van der Waals surface area contributed by atoms with E-state index in [0.717, 1.165) is 17.3 Å². The molecule has 3 unspecified atom stereocenters.